The van der Waals surface area contributed by atoms with Gasteiger partial charge in [0.25, 0.3) is 17.7 Å². The van der Waals surface area contributed by atoms with Crippen molar-refractivity contribution in [2.24, 2.45) is 11.3 Å². The van der Waals surface area contributed by atoms with Gasteiger partial charge in [0, 0.05) is 67.9 Å². The van der Waals surface area contributed by atoms with Crippen LogP contribution in [-0.4, -0.2) is 103 Å². The zero-order chi connectivity index (χ0) is 42.4. The topological polar surface area (TPSA) is 155 Å². The minimum Gasteiger partial charge on any atom is -0.490 e. The molecule has 1 aliphatic carbocycles. The molecule has 318 valence electrons. The van der Waals surface area contributed by atoms with E-state index in [0.717, 1.165) is 101 Å². The number of anilines is 2. The van der Waals surface area contributed by atoms with Crippen LogP contribution in [0.5, 0.6) is 5.75 Å². The maximum Gasteiger partial charge on any atom is 0.262 e. The van der Waals surface area contributed by atoms with Gasteiger partial charge >= 0.3 is 0 Å². The van der Waals surface area contributed by atoms with Crippen molar-refractivity contribution in [3.8, 4) is 11.8 Å². The van der Waals surface area contributed by atoms with E-state index in [-0.39, 0.29) is 47.4 Å². The number of likely N-dealkylation sites (tertiary alicyclic amines) is 1. The molecule has 0 aromatic heterocycles. The number of ether oxygens (including phenoxy) is 1. The van der Waals surface area contributed by atoms with Crippen LogP contribution in [0.3, 0.4) is 0 Å². The van der Waals surface area contributed by atoms with Gasteiger partial charge in [-0.15, -0.1) is 0 Å². The van der Waals surface area contributed by atoms with E-state index in [4.69, 9.17) is 21.6 Å². The van der Waals surface area contributed by atoms with E-state index >= 15 is 4.39 Å². The number of nitrogens with one attached hydrogen (secondary N) is 2. The predicted molar refractivity (Wildman–Crippen MR) is 225 cm³/mol. The highest BCUT2D eigenvalue weighted by molar-refractivity contribution is 6.31. The van der Waals surface area contributed by atoms with E-state index in [0.29, 0.717) is 46.6 Å². The number of hydrogen-bond acceptors (Lipinski definition) is 10. The van der Waals surface area contributed by atoms with Crippen molar-refractivity contribution in [3.05, 3.63) is 87.7 Å². The molecule has 4 saturated heterocycles. The van der Waals surface area contributed by atoms with Gasteiger partial charge in [0.1, 0.15) is 23.7 Å². The number of fused-ring (bicyclic) bond motifs is 1. The van der Waals surface area contributed by atoms with E-state index in [2.05, 4.69) is 38.6 Å². The first-order valence-corrected chi connectivity index (χ1v) is 21.9. The Morgan fingerprint density at radius 2 is 1.56 bits per heavy atom. The largest absolute Gasteiger partial charge is 0.490 e. The van der Waals surface area contributed by atoms with Gasteiger partial charge in [-0.2, -0.15) is 5.26 Å². The molecule has 61 heavy (non-hydrogen) atoms. The second-order valence-electron chi connectivity index (χ2n) is 17.7. The number of hydrogen-bond donors (Lipinski definition) is 2. The summed E-state index contributed by atoms with van der Waals surface area (Å²) in [4.78, 5) is 71.4. The van der Waals surface area contributed by atoms with Gasteiger partial charge in [-0.1, -0.05) is 11.6 Å². The molecule has 1 saturated carbocycles. The first-order valence-electron chi connectivity index (χ1n) is 21.5. The molecule has 1 atom stereocenters. The number of halogens is 2. The SMILES string of the molecule is N#Cc1ccc(O[C@H]2CC[C@H](NC(=O)c3ccc(N4CCC(CN5CCC6(CC5)CN(c5cc7c(cc5F)C(=O)N(C5CCC(=O)NC5=O)C7=O)C6)CC4)cc3)CC2)cc1Cl. The Balaban J connectivity index is 0.692. The number of benzene rings is 3. The van der Waals surface area contributed by atoms with E-state index in [1.807, 2.05) is 17.0 Å². The number of carbonyl (C=O) groups excluding carboxylic acids is 5. The molecule has 3 aromatic rings. The van der Waals surface area contributed by atoms with Gasteiger partial charge in [-0.05, 0) is 125 Å². The highest BCUT2D eigenvalue weighted by Gasteiger charge is 2.48. The Hall–Kier alpha value is -5.52. The van der Waals surface area contributed by atoms with Gasteiger partial charge in [0.2, 0.25) is 11.8 Å². The molecule has 5 heterocycles. The molecule has 6 aliphatic rings. The van der Waals surface area contributed by atoms with Crippen molar-refractivity contribution in [1.82, 2.24) is 20.4 Å². The van der Waals surface area contributed by atoms with Crippen molar-refractivity contribution in [2.45, 2.75) is 82.4 Å². The summed E-state index contributed by atoms with van der Waals surface area (Å²) in [7, 11) is 0. The summed E-state index contributed by atoms with van der Waals surface area (Å²) in [6, 6.07) is 16.7. The molecule has 15 heteroatoms. The average molecular weight is 850 g/mol. The third-order valence-corrected chi connectivity index (χ3v) is 14.1. The Labute approximate surface area is 359 Å². The first-order chi connectivity index (χ1) is 29.5. The Kier molecular flexibility index (Phi) is 11.2. The zero-order valence-electron chi connectivity index (χ0n) is 34.0. The highest BCUT2D eigenvalue weighted by Crippen LogP contribution is 2.45. The molecular formula is C46H49ClFN7O6. The van der Waals surface area contributed by atoms with Gasteiger partial charge in [-0.25, -0.2) is 4.39 Å². The van der Waals surface area contributed by atoms with E-state index in [1.54, 1.807) is 18.2 Å². The number of rotatable bonds is 9. The lowest BCUT2D eigenvalue weighted by atomic mass is 9.71. The molecule has 5 aliphatic heterocycles. The van der Waals surface area contributed by atoms with Crippen molar-refractivity contribution in [2.75, 3.05) is 55.6 Å². The van der Waals surface area contributed by atoms with Gasteiger partial charge in [0.05, 0.1) is 33.5 Å². The summed E-state index contributed by atoms with van der Waals surface area (Å²) in [5.41, 5.74) is 2.65. The quantitative estimate of drug-likeness (QED) is 0.257. The van der Waals surface area contributed by atoms with Crippen LogP contribution >= 0.6 is 11.6 Å². The molecule has 0 radical (unpaired) electrons. The summed E-state index contributed by atoms with van der Waals surface area (Å²) in [6.45, 7) is 6.34. The lowest BCUT2D eigenvalue weighted by Gasteiger charge is -2.55. The standard InChI is InChI=1S/C46H49ClFN7O6/c47-37-21-34(8-3-30(37)24-49)61-33-9-4-31(5-10-33)50-42(57)29-1-6-32(7-2-29)53-17-13-28(14-18-53)25-52-19-15-46(16-20-52)26-54(27-46)40-23-36-35(22-38(40)48)44(59)55(45(36)60)39-11-12-41(56)51-43(39)58/h1-3,6-8,21-23,28,31,33,39H,4-5,9-20,25-27H2,(H,50,57)(H,51,56,58)/t31-,33-,39?. The number of carbonyl (C=O) groups is 5. The molecule has 1 spiro atoms. The van der Waals surface area contributed by atoms with Gasteiger partial charge in [-0.3, -0.25) is 34.2 Å². The number of amides is 5. The first kappa shape index (κ1) is 40.9. The van der Waals surface area contributed by atoms with Gasteiger partial charge in [0.15, 0.2) is 0 Å². The lowest BCUT2D eigenvalue weighted by Crippen LogP contribution is -2.61. The Morgan fingerprint density at radius 1 is 0.869 bits per heavy atom. The van der Waals surface area contributed by atoms with E-state index in [1.165, 1.54) is 6.07 Å². The third-order valence-electron chi connectivity index (χ3n) is 13.8. The van der Waals surface area contributed by atoms with Crippen molar-refractivity contribution < 1.29 is 33.1 Å². The Bertz CT molecular complexity index is 2290. The predicted octanol–water partition coefficient (Wildman–Crippen LogP) is 5.69. The van der Waals surface area contributed by atoms with Crippen LogP contribution in [0.25, 0.3) is 0 Å². The van der Waals surface area contributed by atoms with Crippen LogP contribution in [0.4, 0.5) is 15.8 Å². The van der Waals surface area contributed by atoms with E-state index in [9.17, 15) is 24.0 Å². The number of imide groups is 2. The zero-order valence-corrected chi connectivity index (χ0v) is 34.7. The van der Waals surface area contributed by atoms with Crippen LogP contribution in [0, 0.1) is 28.5 Å². The lowest BCUT2D eigenvalue weighted by molar-refractivity contribution is -0.136. The van der Waals surface area contributed by atoms with Crippen LogP contribution in [0.1, 0.15) is 101 Å². The molecule has 13 nitrogen and oxygen atoms in total. The maximum absolute atomic E-state index is 15.5. The normalized spacial score (nSPS) is 24.3. The number of nitriles is 1. The highest BCUT2D eigenvalue weighted by atomic mass is 35.5. The van der Waals surface area contributed by atoms with E-state index < -0.39 is 35.5 Å². The molecule has 9 rings (SSSR count). The van der Waals surface area contributed by atoms with Crippen LogP contribution in [0.15, 0.2) is 54.6 Å². The molecule has 0 bridgehead atoms. The fourth-order valence-electron chi connectivity index (χ4n) is 10.2. The fourth-order valence-corrected chi connectivity index (χ4v) is 10.4. The summed E-state index contributed by atoms with van der Waals surface area (Å²) in [6.07, 6.45) is 7.64. The fraction of sp³-hybridized carbons (Fsp3) is 0.478. The molecule has 3 aromatic carbocycles. The summed E-state index contributed by atoms with van der Waals surface area (Å²) < 4.78 is 21.6. The summed E-state index contributed by atoms with van der Waals surface area (Å²) >= 11 is 6.16. The Morgan fingerprint density at radius 3 is 2.21 bits per heavy atom. The monoisotopic (exact) mass is 849 g/mol. The minimum atomic E-state index is -1.09. The van der Waals surface area contributed by atoms with Crippen LogP contribution < -0.4 is 25.2 Å². The molecular weight excluding hydrogens is 801 g/mol. The third kappa shape index (κ3) is 8.30. The maximum atomic E-state index is 15.5. The number of piperidine rings is 3. The average Bonchev–Trinajstić information content (AvgIpc) is 3.48. The smallest absolute Gasteiger partial charge is 0.262 e. The molecule has 2 N–H and O–H groups in total. The molecule has 5 fully saturated rings. The molecule has 1 unspecified atom stereocenters. The van der Waals surface area contributed by atoms with Crippen molar-refractivity contribution in [3.63, 3.8) is 0 Å². The molecule has 5 amide bonds. The number of nitrogens with zero attached hydrogens (tertiary/aromatic N) is 5. The van der Waals surface area contributed by atoms with Crippen LogP contribution in [0.2, 0.25) is 5.02 Å². The summed E-state index contributed by atoms with van der Waals surface area (Å²) in [5, 5.41) is 14.9. The van der Waals surface area contributed by atoms with Crippen molar-refractivity contribution in [1.29, 1.82) is 5.26 Å². The second kappa shape index (κ2) is 16.7. The van der Waals surface area contributed by atoms with Crippen LogP contribution in [-0.2, 0) is 9.59 Å². The van der Waals surface area contributed by atoms with Crippen molar-refractivity contribution >= 4 is 52.5 Å². The second-order valence-corrected chi connectivity index (χ2v) is 18.2. The van der Waals surface area contributed by atoms with Gasteiger partial charge < -0.3 is 24.8 Å². The minimum absolute atomic E-state index is 0.0256. The summed E-state index contributed by atoms with van der Waals surface area (Å²) in [5.74, 6) is -1.83.